The SMILES string of the molecule is COc1ccc2nc(C(C)(C)CCOC(=O)[C@H](Cc3ccccc3)N3C(=O)c4ccccc4C3=O)ccc2c1. The molecule has 7 heteroatoms. The molecule has 1 atom stereocenters. The van der Waals surface area contributed by atoms with Crippen LogP contribution in [-0.4, -0.2) is 47.4 Å². The summed E-state index contributed by atoms with van der Waals surface area (Å²) >= 11 is 0. The van der Waals surface area contributed by atoms with Gasteiger partial charge in [-0.2, -0.15) is 0 Å². The smallest absolute Gasteiger partial charge is 0.329 e. The third-order valence-corrected chi connectivity index (χ3v) is 7.24. The molecule has 5 rings (SSSR count). The van der Waals surface area contributed by atoms with E-state index in [1.165, 1.54) is 0 Å². The molecule has 7 nitrogen and oxygen atoms in total. The van der Waals surface area contributed by atoms with E-state index in [2.05, 4.69) is 0 Å². The lowest BCUT2D eigenvalue weighted by molar-refractivity contribution is -0.148. The van der Waals surface area contributed by atoms with Crippen LogP contribution >= 0.6 is 0 Å². The van der Waals surface area contributed by atoms with E-state index in [1.54, 1.807) is 31.4 Å². The third kappa shape index (κ3) is 5.25. The fourth-order valence-corrected chi connectivity index (χ4v) is 4.85. The van der Waals surface area contributed by atoms with E-state index < -0.39 is 29.2 Å². The van der Waals surface area contributed by atoms with Crippen LogP contribution in [0.15, 0.2) is 84.9 Å². The molecule has 0 saturated heterocycles. The topological polar surface area (TPSA) is 85.8 Å². The van der Waals surface area contributed by atoms with Gasteiger partial charge in [-0.15, -0.1) is 0 Å². The van der Waals surface area contributed by atoms with E-state index in [1.807, 2.05) is 74.5 Å². The molecule has 0 aliphatic carbocycles. The van der Waals surface area contributed by atoms with Crippen molar-refractivity contribution in [3.63, 3.8) is 0 Å². The highest BCUT2D eigenvalue weighted by atomic mass is 16.5. The minimum Gasteiger partial charge on any atom is -0.497 e. The van der Waals surface area contributed by atoms with Crippen molar-refractivity contribution in [1.82, 2.24) is 9.88 Å². The molecule has 0 saturated carbocycles. The first-order valence-electron chi connectivity index (χ1n) is 12.9. The summed E-state index contributed by atoms with van der Waals surface area (Å²) in [4.78, 5) is 45.7. The Kier molecular flexibility index (Phi) is 7.15. The Bertz CT molecular complexity index is 1510. The first kappa shape index (κ1) is 26.1. The largest absolute Gasteiger partial charge is 0.497 e. The van der Waals surface area contributed by atoms with E-state index in [0.29, 0.717) is 17.5 Å². The molecular formula is C32H30N2O5. The number of fused-ring (bicyclic) bond motifs is 2. The number of ether oxygens (including phenoxy) is 2. The number of rotatable bonds is 9. The minimum atomic E-state index is -1.07. The van der Waals surface area contributed by atoms with Crippen molar-refractivity contribution in [2.75, 3.05) is 13.7 Å². The molecule has 3 aromatic carbocycles. The number of amides is 2. The Balaban J connectivity index is 1.32. The van der Waals surface area contributed by atoms with Crippen LogP contribution in [0.4, 0.5) is 0 Å². The van der Waals surface area contributed by atoms with Crippen molar-refractivity contribution in [2.45, 2.75) is 38.1 Å². The Morgan fingerprint density at radius 1 is 0.897 bits per heavy atom. The summed E-state index contributed by atoms with van der Waals surface area (Å²) in [6, 6.07) is 24.6. The monoisotopic (exact) mass is 522 g/mol. The predicted octanol–water partition coefficient (Wildman–Crippen LogP) is 5.36. The molecule has 0 unspecified atom stereocenters. The third-order valence-electron chi connectivity index (χ3n) is 7.24. The number of methoxy groups -OCH3 is 1. The molecular weight excluding hydrogens is 492 g/mol. The van der Waals surface area contributed by atoms with Crippen LogP contribution in [0, 0.1) is 0 Å². The minimum absolute atomic E-state index is 0.114. The van der Waals surface area contributed by atoms with Crippen LogP contribution in [0.5, 0.6) is 5.75 Å². The number of hydrogen-bond donors (Lipinski definition) is 0. The number of pyridine rings is 1. The molecule has 0 spiro atoms. The van der Waals surface area contributed by atoms with Crippen molar-refractivity contribution >= 4 is 28.7 Å². The van der Waals surface area contributed by atoms with E-state index in [9.17, 15) is 14.4 Å². The van der Waals surface area contributed by atoms with Crippen LogP contribution in [0.25, 0.3) is 10.9 Å². The summed E-state index contributed by atoms with van der Waals surface area (Å²) in [5, 5.41) is 0.977. The van der Waals surface area contributed by atoms with Gasteiger partial charge >= 0.3 is 5.97 Å². The zero-order valence-corrected chi connectivity index (χ0v) is 22.2. The van der Waals surface area contributed by atoms with Gasteiger partial charge in [-0.05, 0) is 48.4 Å². The van der Waals surface area contributed by atoms with Crippen molar-refractivity contribution in [2.24, 2.45) is 0 Å². The summed E-state index contributed by atoms with van der Waals surface area (Å²) in [7, 11) is 1.63. The molecule has 1 aliphatic heterocycles. The normalized spacial score (nSPS) is 13.9. The second kappa shape index (κ2) is 10.7. The van der Waals surface area contributed by atoms with E-state index in [4.69, 9.17) is 14.5 Å². The molecule has 1 aliphatic rings. The van der Waals surface area contributed by atoms with Gasteiger partial charge < -0.3 is 9.47 Å². The Hall–Kier alpha value is -4.52. The van der Waals surface area contributed by atoms with Crippen molar-refractivity contribution in [3.05, 3.63) is 107 Å². The van der Waals surface area contributed by atoms with Crippen LogP contribution in [0.2, 0.25) is 0 Å². The lowest BCUT2D eigenvalue weighted by atomic mass is 9.85. The van der Waals surface area contributed by atoms with Gasteiger partial charge in [0, 0.05) is 22.9 Å². The maximum atomic E-state index is 13.4. The van der Waals surface area contributed by atoms with Crippen LogP contribution in [0.1, 0.15) is 52.2 Å². The fourth-order valence-electron chi connectivity index (χ4n) is 4.85. The van der Waals surface area contributed by atoms with E-state index in [0.717, 1.165) is 32.8 Å². The number of carbonyl (C=O) groups is 3. The predicted molar refractivity (Wildman–Crippen MR) is 148 cm³/mol. The maximum absolute atomic E-state index is 13.4. The van der Waals surface area contributed by atoms with Crippen LogP contribution in [0.3, 0.4) is 0 Å². The van der Waals surface area contributed by atoms with Gasteiger partial charge in [-0.25, -0.2) is 4.79 Å². The molecule has 0 bridgehead atoms. The molecule has 0 radical (unpaired) electrons. The number of carbonyl (C=O) groups excluding carboxylic acids is 3. The molecule has 0 fully saturated rings. The number of aromatic nitrogens is 1. The molecule has 4 aromatic rings. The fraction of sp³-hybridized carbons (Fsp3) is 0.250. The number of esters is 1. The quantitative estimate of drug-likeness (QED) is 0.217. The number of nitrogens with zero attached hydrogens (tertiary/aromatic N) is 2. The van der Waals surface area contributed by atoms with Crippen molar-refractivity contribution in [1.29, 1.82) is 0 Å². The highest BCUT2D eigenvalue weighted by Crippen LogP contribution is 2.30. The summed E-state index contributed by atoms with van der Waals surface area (Å²) in [6.07, 6.45) is 0.678. The van der Waals surface area contributed by atoms with Crippen molar-refractivity contribution in [3.8, 4) is 5.75 Å². The van der Waals surface area contributed by atoms with Gasteiger partial charge in [0.05, 0.1) is 30.4 Å². The van der Waals surface area contributed by atoms with Crippen molar-refractivity contribution < 1.29 is 23.9 Å². The lowest BCUT2D eigenvalue weighted by Crippen LogP contribution is -2.47. The molecule has 198 valence electrons. The highest BCUT2D eigenvalue weighted by Gasteiger charge is 2.43. The number of benzene rings is 3. The Morgan fingerprint density at radius 3 is 2.23 bits per heavy atom. The standard InChI is InChI=1S/C32H30N2O5/c1-32(2,28-16-13-22-20-23(38-3)14-15-26(22)33-28)17-18-39-31(37)27(19-21-9-5-4-6-10-21)34-29(35)24-11-7-8-12-25(24)30(34)36/h4-16,20,27H,17-19H2,1-3H3/t27-/m0/s1. The Morgan fingerprint density at radius 2 is 1.56 bits per heavy atom. The molecule has 39 heavy (non-hydrogen) atoms. The average molecular weight is 523 g/mol. The van der Waals surface area contributed by atoms with Gasteiger partial charge in [0.2, 0.25) is 0 Å². The van der Waals surface area contributed by atoms with Gasteiger partial charge in [-0.3, -0.25) is 19.5 Å². The average Bonchev–Trinajstić information content (AvgIpc) is 3.20. The lowest BCUT2D eigenvalue weighted by Gasteiger charge is -2.27. The number of hydrogen-bond acceptors (Lipinski definition) is 6. The first-order chi connectivity index (χ1) is 18.8. The first-order valence-corrected chi connectivity index (χ1v) is 12.9. The van der Waals surface area contributed by atoms with E-state index in [-0.39, 0.29) is 13.0 Å². The second-order valence-electron chi connectivity index (χ2n) is 10.3. The Labute approximate surface area is 227 Å². The summed E-state index contributed by atoms with van der Waals surface area (Å²) in [5.41, 5.74) is 2.76. The summed E-state index contributed by atoms with van der Waals surface area (Å²) < 4.78 is 11.0. The summed E-state index contributed by atoms with van der Waals surface area (Å²) in [5.74, 6) is -0.800. The van der Waals surface area contributed by atoms with Crippen LogP contribution < -0.4 is 4.74 Å². The molecule has 1 aromatic heterocycles. The van der Waals surface area contributed by atoms with E-state index >= 15 is 0 Å². The number of imide groups is 1. The summed E-state index contributed by atoms with van der Waals surface area (Å²) in [6.45, 7) is 4.21. The van der Waals surface area contributed by atoms with Gasteiger partial charge in [0.15, 0.2) is 0 Å². The molecule has 0 N–H and O–H groups in total. The molecule has 2 heterocycles. The molecule has 2 amide bonds. The van der Waals surface area contributed by atoms with Gasteiger partial charge in [0.25, 0.3) is 11.8 Å². The maximum Gasteiger partial charge on any atom is 0.329 e. The van der Waals surface area contributed by atoms with Crippen LogP contribution in [-0.2, 0) is 21.4 Å². The zero-order chi connectivity index (χ0) is 27.6. The van der Waals surface area contributed by atoms with Gasteiger partial charge in [-0.1, -0.05) is 62.4 Å². The zero-order valence-electron chi connectivity index (χ0n) is 22.2. The highest BCUT2D eigenvalue weighted by molar-refractivity contribution is 6.22. The van der Waals surface area contributed by atoms with Gasteiger partial charge in [0.1, 0.15) is 11.8 Å². The second-order valence-corrected chi connectivity index (χ2v) is 10.3.